The first-order valence-electron chi connectivity index (χ1n) is 5.96. The Labute approximate surface area is 117 Å². The number of carboxylic acids is 1. The first kappa shape index (κ1) is 15.1. The second kappa shape index (κ2) is 6.86. The van der Waals surface area contributed by atoms with Gasteiger partial charge in [-0.05, 0) is 25.0 Å². The molecule has 18 heavy (non-hydrogen) atoms. The first-order chi connectivity index (χ1) is 8.52. The minimum atomic E-state index is -0.845. The number of halogens is 2. The number of anilines is 1. The van der Waals surface area contributed by atoms with Gasteiger partial charge in [0.1, 0.15) is 6.04 Å². The number of aliphatic carboxylic acids is 1. The first-order valence-corrected chi connectivity index (χ1v) is 6.71. The van der Waals surface area contributed by atoms with Gasteiger partial charge in [-0.2, -0.15) is 0 Å². The van der Waals surface area contributed by atoms with Gasteiger partial charge in [-0.1, -0.05) is 43.1 Å². The minimum absolute atomic E-state index is 0.410. The summed E-state index contributed by atoms with van der Waals surface area (Å²) >= 11 is 12.1. The summed E-state index contributed by atoms with van der Waals surface area (Å²) in [6, 6.07) is 4.69. The average molecular weight is 290 g/mol. The van der Waals surface area contributed by atoms with Crippen molar-refractivity contribution >= 4 is 34.9 Å². The quantitative estimate of drug-likeness (QED) is 0.858. The molecule has 1 N–H and O–H groups in total. The fourth-order valence-corrected chi connectivity index (χ4v) is 2.33. The van der Waals surface area contributed by atoms with E-state index in [1.807, 2.05) is 13.8 Å². The Morgan fingerprint density at radius 3 is 2.56 bits per heavy atom. The molecule has 1 rings (SSSR count). The van der Waals surface area contributed by atoms with E-state index in [0.717, 1.165) is 6.42 Å². The van der Waals surface area contributed by atoms with Crippen LogP contribution in [0.5, 0.6) is 0 Å². The Kier molecular flexibility index (Phi) is 5.76. The number of carbonyl (C=O) groups is 1. The molecule has 1 atom stereocenters. The van der Waals surface area contributed by atoms with E-state index >= 15 is 0 Å². The van der Waals surface area contributed by atoms with Crippen LogP contribution in [0.25, 0.3) is 0 Å². The molecule has 100 valence electrons. The van der Waals surface area contributed by atoms with Crippen LogP contribution in [0.15, 0.2) is 18.2 Å². The van der Waals surface area contributed by atoms with Crippen LogP contribution in [0.4, 0.5) is 5.69 Å². The van der Waals surface area contributed by atoms with Crippen molar-refractivity contribution in [1.29, 1.82) is 0 Å². The summed E-state index contributed by atoms with van der Waals surface area (Å²) in [6.07, 6.45) is 1.35. The molecule has 0 aliphatic rings. The number of carboxylic acid groups (broad SMARTS) is 1. The molecule has 1 aromatic carbocycles. The monoisotopic (exact) mass is 289 g/mol. The fraction of sp³-hybridized carbons (Fsp3) is 0.462. The topological polar surface area (TPSA) is 40.5 Å². The summed E-state index contributed by atoms with van der Waals surface area (Å²) in [5.41, 5.74) is 0.681. The predicted molar refractivity (Wildman–Crippen MR) is 75.8 cm³/mol. The van der Waals surface area contributed by atoms with Crippen LogP contribution in [0.3, 0.4) is 0 Å². The van der Waals surface area contributed by atoms with Gasteiger partial charge in [-0.25, -0.2) is 4.79 Å². The average Bonchev–Trinajstić information content (AvgIpc) is 2.32. The van der Waals surface area contributed by atoms with E-state index in [0.29, 0.717) is 28.7 Å². The lowest BCUT2D eigenvalue weighted by molar-refractivity contribution is -0.138. The highest BCUT2D eigenvalue weighted by Crippen LogP contribution is 2.34. The molecule has 0 unspecified atom stereocenters. The molecular formula is C13H17Cl2NO2. The van der Waals surface area contributed by atoms with E-state index in [1.54, 1.807) is 23.1 Å². The minimum Gasteiger partial charge on any atom is -0.480 e. The van der Waals surface area contributed by atoms with E-state index in [-0.39, 0.29) is 0 Å². The molecule has 0 spiro atoms. The number of hydrogen-bond acceptors (Lipinski definition) is 2. The molecule has 0 fully saturated rings. The second-order valence-electron chi connectivity index (χ2n) is 4.03. The highest BCUT2D eigenvalue weighted by atomic mass is 35.5. The van der Waals surface area contributed by atoms with E-state index in [1.165, 1.54) is 0 Å². The summed E-state index contributed by atoms with van der Waals surface area (Å²) in [5.74, 6) is -0.845. The van der Waals surface area contributed by atoms with Crippen molar-refractivity contribution in [3.8, 4) is 0 Å². The smallest absolute Gasteiger partial charge is 0.326 e. The predicted octanol–water partition coefficient (Wildman–Crippen LogP) is 4.07. The molecule has 0 saturated carbocycles. The zero-order chi connectivity index (χ0) is 13.7. The van der Waals surface area contributed by atoms with Gasteiger partial charge in [0, 0.05) is 6.54 Å². The maximum absolute atomic E-state index is 11.3. The van der Waals surface area contributed by atoms with Crippen molar-refractivity contribution in [3.05, 3.63) is 28.2 Å². The number of benzene rings is 1. The third kappa shape index (κ3) is 3.30. The van der Waals surface area contributed by atoms with Gasteiger partial charge in [0.05, 0.1) is 15.7 Å². The van der Waals surface area contributed by atoms with Crippen molar-refractivity contribution in [2.45, 2.75) is 32.7 Å². The maximum atomic E-state index is 11.3. The molecule has 0 aliphatic heterocycles. The van der Waals surface area contributed by atoms with E-state index in [4.69, 9.17) is 23.2 Å². The number of nitrogens with zero attached hydrogens (tertiary/aromatic N) is 1. The summed E-state index contributed by atoms with van der Waals surface area (Å²) in [7, 11) is 0. The summed E-state index contributed by atoms with van der Waals surface area (Å²) < 4.78 is 0. The zero-order valence-corrected chi connectivity index (χ0v) is 12.0. The summed E-state index contributed by atoms with van der Waals surface area (Å²) in [4.78, 5) is 13.1. The van der Waals surface area contributed by atoms with Crippen LogP contribution in [-0.4, -0.2) is 23.7 Å². The van der Waals surface area contributed by atoms with Gasteiger partial charge in [0.25, 0.3) is 0 Å². The lowest BCUT2D eigenvalue weighted by Gasteiger charge is -2.31. The normalized spacial score (nSPS) is 12.2. The molecule has 0 amide bonds. The Balaban J connectivity index is 3.18. The molecule has 3 nitrogen and oxygen atoms in total. The lowest BCUT2D eigenvalue weighted by atomic mass is 10.1. The van der Waals surface area contributed by atoms with Crippen LogP contribution in [-0.2, 0) is 4.79 Å². The van der Waals surface area contributed by atoms with Gasteiger partial charge in [-0.15, -0.1) is 0 Å². The molecule has 0 aliphatic carbocycles. The Hall–Kier alpha value is -0.930. The standard InChI is InChI=1S/C13H17Cl2NO2/c1-3-8-16(10(4-2)13(17)18)11-7-5-6-9(14)12(11)15/h5-7,10H,3-4,8H2,1-2H3,(H,17,18)/t10-/m1/s1. The molecule has 1 aromatic rings. The third-order valence-electron chi connectivity index (χ3n) is 2.75. The van der Waals surface area contributed by atoms with E-state index < -0.39 is 12.0 Å². The molecule has 0 aromatic heterocycles. The molecule has 0 bridgehead atoms. The molecule has 0 radical (unpaired) electrons. The number of rotatable bonds is 6. The molecular weight excluding hydrogens is 273 g/mol. The van der Waals surface area contributed by atoms with E-state index in [2.05, 4.69) is 0 Å². The van der Waals surface area contributed by atoms with Crippen molar-refractivity contribution in [2.24, 2.45) is 0 Å². The Morgan fingerprint density at radius 1 is 1.39 bits per heavy atom. The molecule has 5 heteroatoms. The zero-order valence-electron chi connectivity index (χ0n) is 10.5. The molecule has 0 saturated heterocycles. The summed E-state index contributed by atoms with van der Waals surface area (Å²) in [5, 5.41) is 10.1. The van der Waals surface area contributed by atoms with E-state index in [9.17, 15) is 9.90 Å². The van der Waals surface area contributed by atoms with Gasteiger partial charge in [0.2, 0.25) is 0 Å². The SMILES string of the molecule is CCCN(c1cccc(Cl)c1Cl)[C@H](CC)C(=O)O. The second-order valence-corrected chi connectivity index (χ2v) is 4.81. The Morgan fingerprint density at radius 2 is 2.06 bits per heavy atom. The fourth-order valence-electron chi connectivity index (χ4n) is 1.93. The maximum Gasteiger partial charge on any atom is 0.326 e. The van der Waals surface area contributed by atoms with Crippen LogP contribution < -0.4 is 4.90 Å². The highest BCUT2D eigenvalue weighted by Gasteiger charge is 2.25. The van der Waals surface area contributed by atoms with Crippen LogP contribution in [0.2, 0.25) is 10.0 Å². The van der Waals surface area contributed by atoms with Crippen molar-refractivity contribution < 1.29 is 9.90 Å². The van der Waals surface area contributed by atoms with Crippen LogP contribution in [0.1, 0.15) is 26.7 Å². The van der Waals surface area contributed by atoms with Gasteiger partial charge in [0.15, 0.2) is 0 Å². The van der Waals surface area contributed by atoms with Crippen molar-refractivity contribution in [3.63, 3.8) is 0 Å². The van der Waals surface area contributed by atoms with Gasteiger partial charge >= 0.3 is 5.97 Å². The number of hydrogen-bond donors (Lipinski definition) is 1. The Bertz CT molecular complexity index is 423. The lowest BCUT2D eigenvalue weighted by Crippen LogP contribution is -2.41. The summed E-state index contributed by atoms with van der Waals surface area (Å²) in [6.45, 7) is 4.48. The largest absolute Gasteiger partial charge is 0.480 e. The van der Waals surface area contributed by atoms with Crippen LogP contribution >= 0.6 is 23.2 Å². The third-order valence-corrected chi connectivity index (χ3v) is 3.56. The van der Waals surface area contributed by atoms with Gasteiger partial charge < -0.3 is 10.0 Å². The highest BCUT2D eigenvalue weighted by molar-refractivity contribution is 6.43. The van der Waals surface area contributed by atoms with Crippen molar-refractivity contribution in [1.82, 2.24) is 0 Å². The van der Waals surface area contributed by atoms with Crippen LogP contribution in [0, 0.1) is 0 Å². The van der Waals surface area contributed by atoms with Gasteiger partial charge in [-0.3, -0.25) is 0 Å². The molecule has 0 heterocycles. The van der Waals surface area contributed by atoms with Crippen molar-refractivity contribution in [2.75, 3.05) is 11.4 Å².